The number of ether oxygens (including phenoxy) is 1. The maximum Gasteiger partial charge on any atom is 0.126 e. The van der Waals surface area contributed by atoms with Crippen molar-refractivity contribution < 1.29 is 9.84 Å². The first-order chi connectivity index (χ1) is 9.65. The van der Waals surface area contributed by atoms with E-state index in [2.05, 4.69) is 0 Å². The van der Waals surface area contributed by atoms with Gasteiger partial charge in [-0.05, 0) is 68.6 Å². The monoisotopic (exact) mass is 292 g/mol. The van der Waals surface area contributed by atoms with E-state index in [1.165, 1.54) is 25.7 Å². The van der Waals surface area contributed by atoms with Crippen molar-refractivity contribution in [3.63, 3.8) is 0 Å². The maximum atomic E-state index is 10.5. The van der Waals surface area contributed by atoms with Crippen LogP contribution in [0.25, 0.3) is 0 Å². The van der Waals surface area contributed by atoms with E-state index in [-0.39, 0.29) is 5.60 Å². The van der Waals surface area contributed by atoms with E-state index in [1.807, 2.05) is 18.2 Å². The standard InChI is InChI=1S/C17H21ClO2/c18-13-5-6-16-14(8-13)15(19)10-17(20-16)7-1-2-12(9-17)11-3-4-11/h5-6,8,11-12,15,19H,1-4,7,9-10H2/t12?,15-,17?/m1/s1. The largest absolute Gasteiger partial charge is 0.487 e. The molecule has 1 heterocycles. The van der Waals surface area contributed by atoms with Crippen LogP contribution in [0.2, 0.25) is 5.02 Å². The lowest BCUT2D eigenvalue weighted by Crippen LogP contribution is -2.45. The number of aliphatic hydroxyl groups is 1. The fourth-order valence-electron chi connectivity index (χ4n) is 4.23. The van der Waals surface area contributed by atoms with E-state index in [9.17, 15) is 5.11 Å². The van der Waals surface area contributed by atoms with Crippen LogP contribution in [0.5, 0.6) is 5.75 Å². The Morgan fingerprint density at radius 3 is 2.80 bits per heavy atom. The molecule has 2 aliphatic carbocycles. The van der Waals surface area contributed by atoms with E-state index < -0.39 is 6.10 Å². The van der Waals surface area contributed by atoms with Crippen molar-refractivity contribution in [3.05, 3.63) is 28.8 Å². The molecule has 3 aliphatic rings. The molecule has 0 saturated heterocycles. The third-order valence-corrected chi connectivity index (χ3v) is 5.59. The van der Waals surface area contributed by atoms with Crippen LogP contribution in [0, 0.1) is 11.8 Å². The van der Waals surface area contributed by atoms with Crippen LogP contribution in [-0.2, 0) is 0 Å². The van der Waals surface area contributed by atoms with Crippen molar-refractivity contribution in [2.24, 2.45) is 11.8 Å². The van der Waals surface area contributed by atoms with Gasteiger partial charge in [0.05, 0.1) is 6.10 Å². The van der Waals surface area contributed by atoms with Gasteiger partial charge in [0.15, 0.2) is 0 Å². The second-order valence-corrected chi connectivity index (χ2v) is 7.32. The van der Waals surface area contributed by atoms with Gasteiger partial charge >= 0.3 is 0 Å². The lowest BCUT2D eigenvalue weighted by atomic mass is 9.72. The summed E-state index contributed by atoms with van der Waals surface area (Å²) in [6.45, 7) is 0. The maximum absolute atomic E-state index is 10.5. The topological polar surface area (TPSA) is 29.5 Å². The quantitative estimate of drug-likeness (QED) is 0.826. The lowest BCUT2D eigenvalue weighted by Gasteiger charge is -2.45. The van der Waals surface area contributed by atoms with Crippen molar-refractivity contribution in [1.82, 2.24) is 0 Å². The summed E-state index contributed by atoms with van der Waals surface area (Å²) in [5.41, 5.74) is 0.725. The highest BCUT2D eigenvalue weighted by Crippen LogP contribution is 2.52. The molecular weight excluding hydrogens is 272 g/mol. The number of fused-ring (bicyclic) bond motifs is 1. The summed E-state index contributed by atoms with van der Waals surface area (Å²) in [6.07, 6.45) is 7.87. The first kappa shape index (κ1) is 13.0. The van der Waals surface area contributed by atoms with Gasteiger partial charge in [-0.15, -0.1) is 0 Å². The van der Waals surface area contributed by atoms with Crippen LogP contribution in [-0.4, -0.2) is 10.7 Å². The summed E-state index contributed by atoms with van der Waals surface area (Å²) in [4.78, 5) is 0. The minimum atomic E-state index is -0.435. The summed E-state index contributed by atoms with van der Waals surface area (Å²) in [6, 6.07) is 5.62. The van der Waals surface area contributed by atoms with Gasteiger partial charge in [0.25, 0.3) is 0 Å². The minimum Gasteiger partial charge on any atom is -0.487 e. The smallest absolute Gasteiger partial charge is 0.126 e. The Balaban J connectivity index is 1.62. The summed E-state index contributed by atoms with van der Waals surface area (Å²) in [7, 11) is 0. The molecule has 1 aliphatic heterocycles. The molecule has 3 heteroatoms. The van der Waals surface area contributed by atoms with Gasteiger partial charge in [0, 0.05) is 17.0 Å². The molecule has 1 aromatic rings. The Hall–Kier alpha value is -0.730. The van der Waals surface area contributed by atoms with Crippen molar-refractivity contribution in [3.8, 4) is 5.75 Å². The Morgan fingerprint density at radius 2 is 2.00 bits per heavy atom. The summed E-state index contributed by atoms with van der Waals surface area (Å²) in [5, 5.41) is 11.2. The van der Waals surface area contributed by atoms with Crippen molar-refractivity contribution in [1.29, 1.82) is 0 Å². The summed E-state index contributed by atoms with van der Waals surface area (Å²) < 4.78 is 6.38. The normalized spacial score (nSPS) is 36.5. The molecule has 0 bridgehead atoms. The first-order valence-corrected chi connectivity index (χ1v) is 8.20. The summed E-state index contributed by atoms with van der Waals surface area (Å²) >= 11 is 6.03. The van der Waals surface area contributed by atoms with Crippen molar-refractivity contribution >= 4 is 11.6 Å². The van der Waals surface area contributed by atoms with Crippen LogP contribution < -0.4 is 4.74 Å². The molecule has 1 aromatic carbocycles. The average molecular weight is 293 g/mol. The van der Waals surface area contributed by atoms with Gasteiger partial charge in [-0.25, -0.2) is 0 Å². The number of hydrogen-bond donors (Lipinski definition) is 1. The van der Waals surface area contributed by atoms with E-state index in [0.29, 0.717) is 5.02 Å². The molecule has 2 unspecified atom stereocenters. The van der Waals surface area contributed by atoms with Crippen LogP contribution in [0.15, 0.2) is 18.2 Å². The van der Waals surface area contributed by atoms with Crippen molar-refractivity contribution in [2.45, 2.75) is 56.7 Å². The highest BCUT2D eigenvalue weighted by atomic mass is 35.5. The first-order valence-electron chi connectivity index (χ1n) is 7.82. The number of rotatable bonds is 1. The van der Waals surface area contributed by atoms with Crippen LogP contribution in [0.3, 0.4) is 0 Å². The molecule has 2 saturated carbocycles. The molecule has 1 N–H and O–H groups in total. The fourth-order valence-corrected chi connectivity index (χ4v) is 4.41. The zero-order chi connectivity index (χ0) is 13.7. The van der Waals surface area contributed by atoms with E-state index >= 15 is 0 Å². The third kappa shape index (κ3) is 2.23. The van der Waals surface area contributed by atoms with E-state index in [1.54, 1.807) is 0 Å². The predicted octanol–water partition coefficient (Wildman–Crippen LogP) is 4.49. The predicted molar refractivity (Wildman–Crippen MR) is 79.1 cm³/mol. The van der Waals surface area contributed by atoms with E-state index in [0.717, 1.165) is 42.4 Å². The van der Waals surface area contributed by atoms with Gasteiger partial charge in [-0.3, -0.25) is 0 Å². The second kappa shape index (κ2) is 4.64. The zero-order valence-corrected chi connectivity index (χ0v) is 12.4. The minimum absolute atomic E-state index is 0.133. The van der Waals surface area contributed by atoms with E-state index in [4.69, 9.17) is 16.3 Å². The zero-order valence-electron chi connectivity index (χ0n) is 11.6. The van der Waals surface area contributed by atoms with Crippen LogP contribution in [0.1, 0.15) is 56.6 Å². The van der Waals surface area contributed by atoms with Crippen LogP contribution in [0.4, 0.5) is 0 Å². The molecule has 0 aromatic heterocycles. The highest BCUT2D eigenvalue weighted by Gasteiger charge is 2.47. The Labute approximate surface area is 125 Å². The average Bonchev–Trinajstić information content (AvgIpc) is 3.24. The van der Waals surface area contributed by atoms with Gasteiger partial charge < -0.3 is 9.84 Å². The summed E-state index contributed by atoms with van der Waals surface area (Å²) in [5.74, 6) is 2.58. The van der Waals surface area contributed by atoms with Crippen LogP contribution >= 0.6 is 11.6 Å². The Bertz CT molecular complexity index is 526. The third-order valence-electron chi connectivity index (χ3n) is 5.35. The van der Waals surface area contributed by atoms with Gasteiger partial charge in [0.2, 0.25) is 0 Å². The molecular formula is C17H21ClO2. The number of benzene rings is 1. The molecule has 20 heavy (non-hydrogen) atoms. The molecule has 0 amide bonds. The lowest BCUT2D eigenvalue weighted by molar-refractivity contribution is -0.0543. The fraction of sp³-hybridized carbons (Fsp3) is 0.647. The second-order valence-electron chi connectivity index (χ2n) is 6.88. The molecule has 4 rings (SSSR count). The van der Waals surface area contributed by atoms with Crippen molar-refractivity contribution in [2.75, 3.05) is 0 Å². The van der Waals surface area contributed by atoms with Gasteiger partial charge in [-0.1, -0.05) is 11.6 Å². The molecule has 1 spiro atoms. The Morgan fingerprint density at radius 1 is 1.15 bits per heavy atom. The molecule has 2 nitrogen and oxygen atoms in total. The molecule has 0 radical (unpaired) electrons. The number of aliphatic hydroxyl groups excluding tert-OH is 1. The molecule has 108 valence electrons. The highest BCUT2D eigenvalue weighted by molar-refractivity contribution is 6.30. The number of halogens is 1. The van der Waals surface area contributed by atoms with Gasteiger partial charge in [0.1, 0.15) is 11.4 Å². The molecule has 2 fully saturated rings. The Kier molecular flexibility index (Phi) is 3.01. The van der Waals surface area contributed by atoms with Gasteiger partial charge in [-0.2, -0.15) is 0 Å². The number of hydrogen-bond acceptors (Lipinski definition) is 2. The molecule has 3 atom stereocenters. The SMILES string of the molecule is O[C@@H]1CC2(CCCC(C3CC3)C2)Oc2ccc(Cl)cc21.